The van der Waals surface area contributed by atoms with Gasteiger partial charge in [0.15, 0.2) is 0 Å². The van der Waals surface area contributed by atoms with Crippen LogP contribution in [0.3, 0.4) is 0 Å². The van der Waals surface area contributed by atoms with Gasteiger partial charge in [0.1, 0.15) is 6.04 Å². The van der Waals surface area contributed by atoms with Gasteiger partial charge in [-0.05, 0) is 23.8 Å². The van der Waals surface area contributed by atoms with E-state index in [1.807, 2.05) is 46.0 Å². The Morgan fingerprint density at radius 1 is 1.03 bits per heavy atom. The number of aromatic carboxylic acids is 1. The summed E-state index contributed by atoms with van der Waals surface area (Å²) in [5.41, 5.74) is 2.64. The van der Waals surface area contributed by atoms with Gasteiger partial charge >= 0.3 is 11.9 Å². The van der Waals surface area contributed by atoms with Crippen LogP contribution in [0.2, 0.25) is 0 Å². The molecular formula is C22H22N2O5. The van der Waals surface area contributed by atoms with E-state index in [9.17, 15) is 19.8 Å². The van der Waals surface area contributed by atoms with Crippen molar-refractivity contribution >= 4 is 22.8 Å². The van der Waals surface area contributed by atoms with Crippen LogP contribution < -0.4 is 0 Å². The highest BCUT2D eigenvalue weighted by molar-refractivity contribution is 5.96. The normalized spacial score (nSPS) is 16.0. The quantitative estimate of drug-likeness (QED) is 0.668. The van der Waals surface area contributed by atoms with Crippen LogP contribution in [-0.2, 0) is 16.1 Å². The Kier molecular flexibility index (Phi) is 5.33. The monoisotopic (exact) mass is 394 g/mol. The topological polar surface area (TPSA) is 92.0 Å². The van der Waals surface area contributed by atoms with Crippen LogP contribution in [0.1, 0.15) is 27.5 Å². The SMILES string of the molecule is O=C(O)c1ccc2c(c1)c(C(C(=O)O)N1CCOCC1)cn2Cc1ccccc1. The molecule has 0 spiro atoms. The van der Waals surface area contributed by atoms with Gasteiger partial charge < -0.3 is 19.5 Å². The second-order valence-electron chi connectivity index (χ2n) is 7.12. The molecular weight excluding hydrogens is 372 g/mol. The molecule has 0 bridgehead atoms. The van der Waals surface area contributed by atoms with Crippen LogP contribution in [-0.4, -0.2) is 57.9 Å². The first-order valence-electron chi connectivity index (χ1n) is 9.49. The van der Waals surface area contributed by atoms with E-state index in [1.54, 1.807) is 18.2 Å². The van der Waals surface area contributed by atoms with E-state index in [-0.39, 0.29) is 5.56 Å². The third kappa shape index (κ3) is 3.87. The van der Waals surface area contributed by atoms with E-state index in [0.717, 1.165) is 11.1 Å². The lowest BCUT2D eigenvalue weighted by atomic mass is 10.0. The van der Waals surface area contributed by atoms with Crippen LogP contribution >= 0.6 is 0 Å². The highest BCUT2D eigenvalue weighted by atomic mass is 16.5. The number of hydrogen-bond donors (Lipinski definition) is 2. The summed E-state index contributed by atoms with van der Waals surface area (Å²) in [4.78, 5) is 25.6. The lowest BCUT2D eigenvalue weighted by Gasteiger charge is -2.31. The minimum atomic E-state index is -1.04. The summed E-state index contributed by atoms with van der Waals surface area (Å²) in [5, 5.41) is 20.1. The summed E-state index contributed by atoms with van der Waals surface area (Å²) in [6, 6.07) is 13.9. The van der Waals surface area contributed by atoms with Crippen molar-refractivity contribution in [3.63, 3.8) is 0 Å². The summed E-state index contributed by atoms with van der Waals surface area (Å²) < 4.78 is 7.36. The number of rotatable bonds is 6. The molecule has 7 heteroatoms. The largest absolute Gasteiger partial charge is 0.480 e. The van der Waals surface area contributed by atoms with Gasteiger partial charge in [0.2, 0.25) is 0 Å². The molecule has 2 N–H and O–H groups in total. The molecule has 7 nitrogen and oxygen atoms in total. The zero-order valence-electron chi connectivity index (χ0n) is 15.8. The minimum absolute atomic E-state index is 0.141. The molecule has 150 valence electrons. The molecule has 1 unspecified atom stereocenters. The summed E-state index contributed by atoms with van der Waals surface area (Å²) >= 11 is 0. The van der Waals surface area contributed by atoms with Gasteiger partial charge in [0, 0.05) is 42.3 Å². The number of morpholine rings is 1. The van der Waals surface area contributed by atoms with Crippen molar-refractivity contribution in [2.75, 3.05) is 26.3 Å². The Balaban J connectivity index is 1.85. The first-order chi connectivity index (χ1) is 14.0. The van der Waals surface area contributed by atoms with Crippen molar-refractivity contribution in [1.82, 2.24) is 9.47 Å². The molecule has 0 saturated carbocycles. The van der Waals surface area contributed by atoms with Crippen molar-refractivity contribution in [3.05, 3.63) is 71.4 Å². The fraction of sp³-hybridized carbons (Fsp3) is 0.273. The lowest BCUT2D eigenvalue weighted by Crippen LogP contribution is -2.42. The van der Waals surface area contributed by atoms with E-state index in [4.69, 9.17) is 4.74 Å². The Morgan fingerprint density at radius 2 is 1.76 bits per heavy atom. The fourth-order valence-electron chi connectivity index (χ4n) is 3.91. The number of aliphatic carboxylic acids is 1. The molecule has 1 aromatic heterocycles. The summed E-state index contributed by atoms with van der Waals surface area (Å²) in [5.74, 6) is -1.99. The van der Waals surface area contributed by atoms with Gasteiger partial charge in [-0.15, -0.1) is 0 Å². The number of hydrogen-bond acceptors (Lipinski definition) is 4. The predicted octanol–water partition coefficient (Wildman–Crippen LogP) is 2.85. The molecule has 0 aliphatic carbocycles. The van der Waals surface area contributed by atoms with Crippen LogP contribution in [0.25, 0.3) is 10.9 Å². The smallest absolute Gasteiger partial charge is 0.335 e. The first-order valence-corrected chi connectivity index (χ1v) is 9.49. The van der Waals surface area contributed by atoms with Crippen LogP contribution in [0.4, 0.5) is 0 Å². The molecule has 2 aromatic carbocycles. The highest BCUT2D eigenvalue weighted by Crippen LogP contribution is 2.32. The molecule has 4 rings (SSSR count). The van der Waals surface area contributed by atoms with E-state index in [2.05, 4.69) is 0 Å². The Bertz CT molecular complexity index is 1040. The van der Waals surface area contributed by atoms with Gasteiger partial charge in [0.05, 0.1) is 18.8 Å². The zero-order chi connectivity index (χ0) is 20.4. The maximum absolute atomic E-state index is 12.2. The van der Waals surface area contributed by atoms with Gasteiger partial charge in [-0.25, -0.2) is 4.79 Å². The third-order valence-corrected chi connectivity index (χ3v) is 5.29. The molecule has 1 saturated heterocycles. The second-order valence-corrected chi connectivity index (χ2v) is 7.12. The van der Waals surface area contributed by atoms with Crippen LogP contribution in [0.5, 0.6) is 0 Å². The molecule has 1 aliphatic heterocycles. The second kappa shape index (κ2) is 8.06. The van der Waals surface area contributed by atoms with Crippen LogP contribution in [0.15, 0.2) is 54.7 Å². The fourth-order valence-corrected chi connectivity index (χ4v) is 3.91. The molecule has 0 radical (unpaired) electrons. The molecule has 0 amide bonds. The summed E-state index contributed by atoms with van der Waals surface area (Å²) in [6.45, 7) is 2.56. The third-order valence-electron chi connectivity index (χ3n) is 5.29. The molecule has 3 aromatic rings. The maximum Gasteiger partial charge on any atom is 0.335 e. The Hall–Kier alpha value is -3.16. The summed E-state index contributed by atoms with van der Waals surface area (Å²) in [6.07, 6.45) is 1.84. The van der Waals surface area contributed by atoms with Gasteiger partial charge in [-0.2, -0.15) is 0 Å². The van der Waals surface area contributed by atoms with E-state index >= 15 is 0 Å². The van der Waals surface area contributed by atoms with Crippen LogP contribution in [0, 0.1) is 0 Å². The number of aromatic nitrogens is 1. The number of carboxylic acids is 2. The average Bonchev–Trinajstić information content (AvgIpc) is 3.07. The molecule has 1 aliphatic rings. The highest BCUT2D eigenvalue weighted by Gasteiger charge is 2.31. The standard InChI is InChI=1S/C22H22N2O5/c25-21(26)16-6-7-19-17(12-16)18(14-24(19)13-15-4-2-1-3-5-15)20(22(27)28)23-8-10-29-11-9-23/h1-7,12,14,20H,8-11,13H2,(H,25,26)(H,27,28). The number of carboxylic acid groups (broad SMARTS) is 2. The van der Waals surface area contributed by atoms with E-state index in [0.29, 0.717) is 43.8 Å². The van der Waals surface area contributed by atoms with Crippen molar-refractivity contribution in [3.8, 4) is 0 Å². The van der Waals surface area contributed by atoms with Crippen molar-refractivity contribution < 1.29 is 24.5 Å². The average molecular weight is 394 g/mol. The van der Waals surface area contributed by atoms with E-state index < -0.39 is 18.0 Å². The van der Waals surface area contributed by atoms with Gasteiger partial charge in [-0.3, -0.25) is 9.69 Å². The summed E-state index contributed by atoms with van der Waals surface area (Å²) in [7, 11) is 0. The predicted molar refractivity (Wildman–Crippen MR) is 107 cm³/mol. The van der Waals surface area contributed by atoms with Gasteiger partial charge in [0.25, 0.3) is 0 Å². The number of fused-ring (bicyclic) bond motifs is 1. The van der Waals surface area contributed by atoms with Crippen molar-refractivity contribution in [2.45, 2.75) is 12.6 Å². The Labute approximate surface area is 167 Å². The Morgan fingerprint density at radius 3 is 2.41 bits per heavy atom. The zero-order valence-corrected chi connectivity index (χ0v) is 15.8. The lowest BCUT2D eigenvalue weighted by molar-refractivity contribution is -0.145. The maximum atomic E-state index is 12.2. The molecule has 1 fully saturated rings. The number of nitrogens with zero attached hydrogens (tertiary/aromatic N) is 2. The number of benzene rings is 2. The first kappa shape index (κ1) is 19.2. The number of ether oxygens (including phenoxy) is 1. The number of carbonyl (C=O) groups is 2. The van der Waals surface area contributed by atoms with Gasteiger partial charge in [-0.1, -0.05) is 30.3 Å². The minimum Gasteiger partial charge on any atom is -0.480 e. The molecule has 29 heavy (non-hydrogen) atoms. The van der Waals surface area contributed by atoms with E-state index in [1.165, 1.54) is 0 Å². The molecule has 2 heterocycles. The van der Waals surface area contributed by atoms with Crippen molar-refractivity contribution in [2.24, 2.45) is 0 Å². The molecule has 1 atom stereocenters. The van der Waals surface area contributed by atoms with Crippen molar-refractivity contribution in [1.29, 1.82) is 0 Å².